The summed E-state index contributed by atoms with van der Waals surface area (Å²) in [4.78, 5) is 14.5. The molecule has 2 aromatic carbocycles. The maximum absolute atomic E-state index is 12.7. The lowest BCUT2D eigenvalue weighted by atomic mass is 10.2. The lowest BCUT2D eigenvalue weighted by molar-refractivity contribution is 0.102. The van der Waals surface area contributed by atoms with Gasteiger partial charge < -0.3 is 15.2 Å². The number of hydrogen-bond acceptors (Lipinski definition) is 7. The van der Waals surface area contributed by atoms with Gasteiger partial charge in [0.25, 0.3) is 5.91 Å². The fourth-order valence-electron chi connectivity index (χ4n) is 2.66. The number of nitrogens with one attached hydrogen (secondary N) is 1. The number of aromatic nitrogens is 2. The number of anilines is 1. The van der Waals surface area contributed by atoms with Gasteiger partial charge >= 0.3 is 0 Å². The van der Waals surface area contributed by atoms with Crippen molar-refractivity contribution >= 4 is 33.3 Å². The average molecular weight is 462 g/mol. The molecule has 10 heteroatoms. The van der Waals surface area contributed by atoms with Crippen molar-refractivity contribution in [3.05, 3.63) is 60.3 Å². The summed E-state index contributed by atoms with van der Waals surface area (Å²) in [6.07, 6.45) is 2.44. The van der Waals surface area contributed by atoms with E-state index >= 15 is 0 Å². The minimum atomic E-state index is -3.28. The molecule has 0 aliphatic carbocycles. The zero-order valence-electron chi connectivity index (χ0n) is 17.3. The summed E-state index contributed by atoms with van der Waals surface area (Å²) in [5.74, 6) is 0.508. The van der Waals surface area contributed by atoms with Gasteiger partial charge in [-0.25, -0.2) is 8.42 Å². The van der Waals surface area contributed by atoms with E-state index in [2.05, 4.69) is 10.4 Å². The number of sulfone groups is 1. The Morgan fingerprint density at radius 1 is 1.19 bits per heavy atom. The third-order valence-corrected chi connectivity index (χ3v) is 6.29. The Morgan fingerprint density at radius 2 is 1.90 bits per heavy atom. The van der Waals surface area contributed by atoms with Gasteiger partial charge in [-0.2, -0.15) is 5.10 Å². The van der Waals surface area contributed by atoms with Gasteiger partial charge in [0.05, 0.1) is 11.5 Å². The lowest BCUT2D eigenvalue weighted by Crippen LogP contribution is -2.17. The van der Waals surface area contributed by atoms with E-state index in [1.807, 2.05) is 0 Å². The number of aryl methyl sites for hydroxylation is 1. The van der Waals surface area contributed by atoms with Crippen LogP contribution in [0.4, 0.5) is 5.82 Å². The fraction of sp³-hybridized carbons (Fsp3) is 0.238. The molecule has 3 rings (SSSR count). The van der Waals surface area contributed by atoms with Gasteiger partial charge in [-0.3, -0.25) is 9.48 Å². The minimum absolute atomic E-state index is 0.167. The van der Waals surface area contributed by atoms with Crippen molar-refractivity contribution in [2.75, 3.05) is 18.2 Å². The highest BCUT2D eigenvalue weighted by Crippen LogP contribution is 2.32. The van der Waals surface area contributed by atoms with Gasteiger partial charge in [-0.15, -0.1) is 0 Å². The number of ether oxygens (including phenoxy) is 1. The normalized spacial score (nSPS) is 12.4. The third-order valence-electron chi connectivity index (χ3n) is 4.18. The Bertz CT molecular complexity index is 1170. The van der Waals surface area contributed by atoms with Crippen molar-refractivity contribution in [1.29, 1.82) is 0 Å². The molecule has 0 radical (unpaired) electrons. The molecule has 1 unspecified atom stereocenters. The number of carbonyl (C=O) groups excluding carboxylic acids is 1. The molecule has 0 fully saturated rings. The number of rotatable bonds is 8. The number of hydrogen-bond donors (Lipinski definition) is 2. The highest BCUT2D eigenvalue weighted by molar-refractivity contribution is 7.99. The Labute approximate surface area is 185 Å². The zero-order chi connectivity index (χ0) is 22.6. The van der Waals surface area contributed by atoms with Crippen LogP contribution in [0.2, 0.25) is 0 Å². The first-order valence-corrected chi connectivity index (χ1v) is 12.1. The molecular formula is C21H23N3O5S2. The second kappa shape index (κ2) is 9.54. The van der Waals surface area contributed by atoms with E-state index in [1.54, 1.807) is 73.4 Å². The summed E-state index contributed by atoms with van der Waals surface area (Å²) < 4.78 is 30.6. The minimum Gasteiger partial charge on any atom is -0.488 e. The standard InChI is InChI=1S/C21H23N3O5S2/c1-14(13-25)29-16-10-15(21(26)22-20-8-9-24(2)23-20)11-18(12-16)30-17-4-6-19(7-5-17)31(3,27)28/h4-12,14,25H,13H2,1-3H3,(H,22,23,26). The summed E-state index contributed by atoms with van der Waals surface area (Å²) in [7, 11) is -1.52. The first kappa shape index (κ1) is 22.9. The van der Waals surface area contributed by atoms with Crippen LogP contribution in [0.3, 0.4) is 0 Å². The molecular weight excluding hydrogens is 438 g/mol. The van der Waals surface area contributed by atoms with Crippen LogP contribution in [0.15, 0.2) is 69.4 Å². The van der Waals surface area contributed by atoms with Crippen LogP contribution in [0, 0.1) is 0 Å². The number of benzene rings is 2. The summed E-state index contributed by atoms with van der Waals surface area (Å²) in [6.45, 7) is 1.55. The lowest BCUT2D eigenvalue weighted by Gasteiger charge is -2.15. The predicted octanol–water partition coefficient (Wildman–Crippen LogP) is 2.99. The van der Waals surface area contributed by atoms with Gasteiger partial charge in [0.2, 0.25) is 0 Å². The molecule has 1 aromatic heterocycles. The molecule has 0 spiro atoms. The second-order valence-electron chi connectivity index (χ2n) is 6.98. The fourth-order valence-corrected chi connectivity index (χ4v) is 4.20. The first-order chi connectivity index (χ1) is 14.6. The van der Waals surface area contributed by atoms with Crippen LogP contribution in [0.25, 0.3) is 0 Å². The van der Waals surface area contributed by atoms with Gasteiger partial charge in [-0.05, 0) is 49.4 Å². The van der Waals surface area contributed by atoms with Gasteiger partial charge in [0.15, 0.2) is 15.7 Å². The molecule has 1 heterocycles. The van der Waals surface area contributed by atoms with E-state index < -0.39 is 15.9 Å². The Morgan fingerprint density at radius 3 is 2.48 bits per heavy atom. The molecule has 31 heavy (non-hydrogen) atoms. The molecule has 164 valence electrons. The molecule has 1 atom stereocenters. The van der Waals surface area contributed by atoms with Crippen LogP contribution in [-0.2, 0) is 16.9 Å². The van der Waals surface area contributed by atoms with Crippen molar-refractivity contribution < 1.29 is 23.1 Å². The van der Waals surface area contributed by atoms with E-state index in [0.29, 0.717) is 17.1 Å². The van der Waals surface area contributed by atoms with Crippen molar-refractivity contribution in [3.63, 3.8) is 0 Å². The van der Waals surface area contributed by atoms with Crippen LogP contribution >= 0.6 is 11.8 Å². The summed E-state index contributed by atoms with van der Waals surface area (Å²) in [5, 5.41) is 16.2. The maximum atomic E-state index is 12.7. The number of amides is 1. The third kappa shape index (κ3) is 6.33. The molecule has 1 amide bonds. The van der Waals surface area contributed by atoms with E-state index in [9.17, 15) is 18.3 Å². The molecule has 0 aliphatic heterocycles. The number of carbonyl (C=O) groups is 1. The SMILES string of the molecule is CC(CO)Oc1cc(Sc2ccc(S(C)(=O)=O)cc2)cc(C(=O)Nc2ccn(C)n2)c1. The first-order valence-electron chi connectivity index (χ1n) is 9.35. The van der Waals surface area contributed by atoms with Crippen molar-refractivity contribution in [3.8, 4) is 5.75 Å². The highest BCUT2D eigenvalue weighted by atomic mass is 32.2. The molecule has 0 bridgehead atoms. The molecule has 0 aliphatic rings. The smallest absolute Gasteiger partial charge is 0.257 e. The Kier molecular flexibility index (Phi) is 7.04. The summed E-state index contributed by atoms with van der Waals surface area (Å²) >= 11 is 1.36. The molecule has 2 N–H and O–H groups in total. The van der Waals surface area contributed by atoms with E-state index in [1.165, 1.54) is 11.8 Å². The molecule has 0 saturated heterocycles. The van der Waals surface area contributed by atoms with E-state index in [0.717, 1.165) is 16.0 Å². The van der Waals surface area contributed by atoms with Crippen LogP contribution in [0.5, 0.6) is 5.75 Å². The highest BCUT2D eigenvalue weighted by Gasteiger charge is 2.14. The van der Waals surface area contributed by atoms with Gasteiger partial charge in [0.1, 0.15) is 11.9 Å². The van der Waals surface area contributed by atoms with Crippen molar-refractivity contribution in [2.24, 2.45) is 7.05 Å². The maximum Gasteiger partial charge on any atom is 0.257 e. The second-order valence-corrected chi connectivity index (χ2v) is 10.1. The zero-order valence-corrected chi connectivity index (χ0v) is 18.9. The van der Waals surface area contributed by atoms with Crippen LogP contribution < -0.4 is 10.1 Å². The van der Waals surface area contributed by atoms with Gasteiger partial charge in [0, 0.05) is 40.9 Å². The number of aliphatic hydroxyl groups is 1. The summed E-state index contributed by atoms with van der Waals surface area (Å²) in [5.41, 5.74) is 0.364. The van der Waals surface area contributed by atoms with Crippen molar-refractivity contribution in [1.82, 2.24) is 9.78 Å². The quantitative estimate of drug-likeness (QED) is 0.531. The topological polar surface area (TPSA) is 111 Å². The van der Waals surface area contributed by atoms with Crippen molar-refractivity contribution in [2.45, 2.75) is 27.7 Å². The summed E-state index contributed by atoms with van der Waals surface area (Å²) in [6, 6.07) is 13.3. The average Bonchev–Trinajstić information content (AvgIpc) is 3.12. The molecule has 3 aromatic rings. The predicted molar refractivity (Wildman–Crippen MR) is 118 cm³/mol. The largest absolute Gasteiger partial charge is 0.488 e. The molecule has 0 saturated carbocycles. The Hall–Kier alpha value is -2.82. The number of aliphatic hydroxyl groups excluding tert-OH is 1. The van der Waals surface area contributed by atoms with E-state index in [-0.39, 0.29) is 17.4 Å². The van der Waals surface area contributed by atoms with Crippen LogP contribution in [0.1, 0.15) is 17.3 Å². The van der Waals surface area contributed by atoms with E-state index in [4.69, 9.17) is 4.74 Å². The van der Waals surface area contributed by atoms with Gasteiger partial charge in [-0.1, -0.05) is 11.8 Å². The van der Waals surface area contributed by atoms with Crippen LogP contribution in [-0.4, -0.2) is 48.2 Å². The molecule has 8 nitrogen and oxygen atoms in total. The number of nitrogens with zero attached hydrogens (tertiary/aromatic N) is 2. The monoisotopic (exact) mass is 461 g/mol. The Balaban J connectivity index is 1.88.